The number of nitrogens with two attached hydrogens (primary N) is 2. The van der Waals surface area contributed by atoms with E-state index in [1.54, 1.807) is 24.3 Å². The molecule has 0 bridgehead atoms. The highest BCUT2D eigenvalue weighted by molar-refractivity contribution is 6.06. The Hall–Kier alpha value is -4.32. The Bertz CT molecular complexity index is 1360. The van der Waals surface area contributed by atoms with E-state index < -0.39 is 11.6 Å². The number of ether oxygens (including phenoxy) is 2. The van der Waals surface area contributed by atoms with Crippen LogP contribution in [0, 0.1) is 0 Å². The SMILES string of the molecule is COc1ccc(Cn2c(=O)n(C)c3c(N(N)C(=O)c4ccco4)nc(N)nc32)cc1OC. The van der Waals surface area contributed by atoms with Gasteiger partial charge >= 0.3 is 11.6 Å². The topological polar surface area (TPSA) is 157 Å². The van der Waals surface area contributed by atoms with Crippen LogP contribution in [0.3, 0.4) is 0 Å². The number of imidazole rings is 1. The van der Waals surface area contributed by atoms with Crippen molar-refractivity contribution in [2.45, 2.75) is 6.54 Å². The fourth-order valence-corrected chi connectivity index (χ4v) is 3.39. The van der Waals surface area contributed by atoms with E-state index in [0.29, 0.717) is 11.5 Å². The molecular formula is C20H21N7O5. The van der Waals surface area contributed by atoms with Gasteiger partial charge in [0.05, 0.1) is 27.0 Å². The molecule has 3 heterocycles. The van der Waals surface area contributed by atoms with E-state index >= 15 is 0 Å². The third kappa shape index (κ3) is 3.41. The van der Waals surface area contributed by atoms with Gasteiger partial charge in [0.2, 0.25) is 5.95 Å². The summed E-state index contributed by atoms with van der Waals surface area (Å²) >= 11 is 0. The van der Waals surface area contributed by atoms with Crippen LogP contribution in [0.2, 0.25) is 0 Å². The summed E-state index contributed by atoms with van der Waals surface area (Å²) in [7, 11) is 4.60. The number of benzene rings is 1. The minimum atomic E-state index is -0.658. The molecule has 12 nitrogen and oxygen atoms in total. The van der Waals surface area contributed by atoms with Crippen molar-refractivity contribution in [1.82, 2.24) is 19.1 Å². The van der Waals surface area contributed by atoms with Gasteiger partial charge in [-0.05, 0) is 29.8 Å². The molecule has 0 atom stereocenters. The molecule has 0 aliphatic carbocycles. The van der Waals surface area contributed by atoms with Crippen LogP contribution in [0.25, 0.3) is 11.2 Å². The number of hydrazine groups is 1. The molecule has 4 rings (SSSR count). The van der Waals surface area contributed by atoms with Crippen molar-refractivity contribution < 1.29 is 18.7 Å². The molecule has 4 N–H and O–H groups in total. The Morgan fingerprint density at radius 1 is 1.19 bits per heavy atom. The van der Waals surface area contributed by atoms with Gasteiger partial charge in [0.25, 0.3) is 0 Å². The van der Waals surface area contributed by atoms with Crippen LogP contribution in [-0.4, -0.2) is 39.2 Å². The maximum Gasteiger partial charge on any atom is 0.330 e. The van der Waals surface area contributed by atoms with Crippen molar-refractivity contribution in [3.8, 4) is 11.5 Å². The van der Waals surface area contributed by atoms with Gasteiger partial charge < -0.3 is 19.6 Å². The van der Waals surface area contributed by atoms with Gasteiger partial charge in [-0.2, -0.15) is 9.97 Å². The molecule has 0 saturated heterocycles. The summed E-state index contributed by atoms with van der Waals surface area (Å²) in [6, 6.07) is 8.31. The number of carbonyl (C=O) groups is 1. The molecule has 0 fully saturated rings. The van der Waals surface area contributed by atoms with E-state index in [1.807, 2.05) is 0 Å². The first-order chi connectivity index (χ1) is 15.3. The molecule has 0 unspecified atom stereocenters. The standard InChI is InChI=1S/C20H21N7O5/c1-25-15-16(23-19(21)24-17(15)27(22)18(28)13-5-4-8-32-13)26(20(25)29)10-11-6-7-12(30-2)14(9-11)31-3/h4-9H,10,22H2,1-3H3,(H2,21,23,24). The number of carbonyl (C=O) groups excluding carboxylic acids is 1. The predicted octanol–water partition coefficient (Wildman–Crippen LogP) is 0.891. The second-order valence-corrected chi connectivity index (χ2v) is 6.85. The van der Waals surface area contributed by atoms with Gasteiger partial charge in [0.1, 0.15) is 5.52 Å². The molecule has 0 aliphatic heterocycles. The lowest BCUT2D eigenvalue weighted by molar-refractivity contribution is 0.0959. The molecule has 0 aliphatic rings. The van der Waals surface area contributed by atoms with E-state index in [1.165, 1.54) is 42.7 Å². The number of nitrogens with zero attached hydrogens (tertiary/aromatic N) is 5. The zero-order valence-electron chi connectivity index (χ0n) is 17.6. The quantitative estimate of drug-likeness (QED) is 0.253. The number of amides is 1. The second kappa shape index (κ2) is 8.07. The summed E-state index contributed by atoms with van der Waals surface area (Å²) in [5.74, 6) is 6.29. The van der Waals surface area contributed by atoms with Crippen LogP contribution in [0.4, 0.5) is 11.8 Å². The number of furan rings is 1. The van der Waals surface area contributed by atoms with E-state index in [4.69, 9.17) is 25.5 Å². The number of fused-ring (bicyclic) bond motifs is 1. The number of hydrogen-bond acceptors (Lipinski definition) is 9. The van der Waals surface area contributed by atoms with Gasteiger partial charge in [0.15, 0.2) is 28.7 Å². The molecular weight excluding hydrogens is 418 g/mol. The number of hydrogen-bond donors (Lipinski definition) is 2. The van der Waals surface area contributed by atoms with Gasteiger partial charge in [-0.25, -0.2) is 15.6 Å². The summed E-state index contributed by atoms with van der Waals surface area (Å²) in [6.45, 7) is 0.156. The molecule has 0 spiro atoms. The molecule has 32 heavy (non-hydrogen) atoms. The lowest BCUT2D eigenvalue weighted by atomic mass is 10.2. The first kappa shape index (κ1) is 20.9. The average Bonchev–Trinajstić information content (AvgIpc) is 3.41. The van der Waals surface area contributed by atoms with Crippen molar-refractivity contribution in [2.75, 3.05) is 25.0 Å². The van der Waals surface area contributed by atoms with Crippen LogP contribution < -0.4 is 31.7 Å². The van der Waals surface area contributed by atoms with E-state index in [0.717, 1.165) is 10.6 Å². The largest absolute Gasteiger partial charge is 0.493 e. The highest BCUT2D eigenvalue weighted by Crippen LogP contribution is 2.29. The Kier molecular flexibility index (Phi) is 5.28. The van der Waals surface area contributed by atoms with Gasteiger partial charge in [-0.15, -0.1) is 0 Å². The van der Waals surface area contributed by atoms with E-state index in [2.05, 4.69) is 9.97 Å². The van der Waals surface area contributed by atoms with Crippen LogP contribution in [0.5, 0.6) is 11.5 Å². The fourth-order valence-electron chi connectivity index (χ4n) is 3.39. The van der Waals surface area contributed by atoms with Crippen LogP contribution in [-0.2, 0) is 13.6 Å². The summed E-state index contributed by atoms with van der Waals surface area (Å²) in [4.78, 5) is 34.1. The Morgan fingerprint density at radius 3 is 2.59 bits per heavy atom. The number of methoxy groups -OCH3 is 2. The average molecular weight is 439 g/mol. The number of anilines is 2. The number of aromatic nitrogens is 4. The summed E-state index contributed by atoms with van der Waals surface area (Å²) in [6.07, 6.45) is 1.35. The molecule has 12 heteroatoms. The molecule has 3 aromatic heterocycles. The zero-order valence-corrected chi connectivity index (χ0v) is 17.6. The first-order valence-corrected chi connectivity index (χ1v) is 9.42. The first-order valence-electron chi connectivity index (χ1n) is 9.42. The highest BCUT2D eigenvalue weighted by atomic mass is 16.5. The van der Waals surface area contributed by atoms with Crippen molar-refractivity contribution >= 4 is 28.8 Å². The predicted molar refractivity (Wildman–Crippen MR) is 116 cm³/mol. The third-order valence-electron chi connectivity index (χ3n) is 4.94. The summed E-state index contributed by atoms with van der Waals surface area (Å²) in [5, 5.41) is 0.777. The van der Waals surface area contributed by atoms with Gasteiger partial charge in [0, 0.05) is 7.05 Å². The van der Waals surface area contributed by atoms with Crippen LogP contribution in [0.15, 0.2) is 45.8 Å². The molecule has 0 saturated carbocycles. The smallest absolute Gasteiger partial charge is 0.330 e. The maximum absolute atomic E-state index is 13.1. The summed E-state index contributed by atoms with van der Waals surface area (Å²) in [5.41, 5.74) is 6.71. The van der Waals surface area contributed by atoms with Gasteiger partial charge in [-0.3, -0.25) is 13.9 Å². The van der Waals surface area contributed by atoms with Crippen LogP contribution in [0.1, 0.15) is 16.1 Å². The van der Waals surface area contributed by atoms with E-state index in [-0.39, 0.29) is 35.2 Å². The summed E-state index contributed by atoms with van der Waals surface area (Å²) < 4.78 is 18.4. The lowest BCUT2D eigenvalue weighted by Crippen LogP contribution is -2.38. The van der Waals surface area contributed by atoms with E-state index in [9.17, 15) is 9.59 Å². The Balaban J connectivity index is 1.83. The minimum absolute atomic E-state index is 0.00703. The second-order valence-electron chi connectivity index (χ2n) is 6.85. The zero-order chi connectivity index (χ0) is 23.0. The monoisotopic (exact) mass is 439 g/mol. The molecule has 1 amide bonds. The van der Waals surface area contributed by atoms with Crippen molar-refractivity contribution in [2.24, 2.45) is 12.9 Å². The molecule has 1 aromatic carbocycles. The van der Waals surface area contributed by atoms with Crippen molar-refractivity contribution in [1.29, 1.82) is 0 Å². The van der Waals surface area contributed by atoms with Gasteiger partial charge in [-0.1, -0.05) is 6.07 Å². The molecule has 0 radical (unpaired) electrons. The lowest BCUT2D eigenvalue weighted by Gasteiger charge is -2.16. The normalized spacial score (nSPS) is 11.0. The highest BCUT2D eigenvalue weighted by Gasteiger charge is 2.26. The van der Waals surface area contributed by atoms with Crippen LogP contribution >= 0.6 is 0 Å². The van der Waals surface area contributed by atoms with Crippen molar-refractivity contribution in [3.63, 3.8) is 0 Å². The Morgan fingerprint density at radius 2 is 1.94 bits per heavy atom. The third-order valence-corrected chi connectivity index (χ3v) is 4.94. The fraction of sp³-hybridized carbons (Fsp3) is 0.200. The number of aryl methyl sites for hydroxylation is 1. The minimum Gasteiger partial charge on any atom is -0.493 e. The number of rotatable bonds is 6. The molecule has 166 valence electrons. The molecule has 4 aromatic rings. The maximum atomic E-state index is 13.1. The Labute approximate surface area is 181 Å². The number of nitrogen functional groups attached to an aromatic ring is 1. The van der Waals surface area contributed by atoms with Crippen molar-refractivity contribution in [3.05, 3.63) is 58.4 Å².